The molecule has 1 aromatic rings. The fourth-order valence-corrected chi connectivity index (χ4v) is 2.38. The molecule has 0 radical (unpaired) electrons. The quantitative estimate of drug-likeness (QED) is 0.806. The van der Waals surface area contributed by atoms with Gasteiger partial charge in [0.2, 0.25) is 11.9 Å². The number of rotatable bonds is 5. The first-order valence-electron chi connectivity index (χ1n) is 7.02. The summed E-state index contributed by atoms with van der Waals surface area (Å²) < 4.78 is 4.94. The van der Waals surface area contributed by atoms with Gasteiger partial charge in [-0.25, -0.2) is 9.97 Å². The van der Waals surface area contributed by atoms with Gasteiger partial charge in [0.25, 0.3) is 0 Å². The molecule has 1 atom stereocenters. The molecular weight excluding hydrogens is 256 g/mol. The van der Waals surface area contributed by atoms with Crippen molar-refractivity contribution in [1.29, 1.82) is 0 Å². The summed E-state index contributed by atoms with van der Waals surface area (Å²) in [6, 6.07) is 1.88. The second-order valence-electron chi connectivity index (χ2n) is 5.07. The predicted octanol–water partition coefficient (Wildman–Crippen LogP) is 0.764. The number of piperidine rings is 1. The minimum atomic E-state index is 0.00437. The summed E-state index contributed by atoms with van der Waals surface area (Å²) in [6.07, 6.45) is 3.67. The molecule has 6 nitrogen and oxygen atoms in total. The van der Waals surface area contributed by atoms with Gasteiger partial charge < -0.3 is 15.0 Å². The first kappa shape index (κ1) is 14.7. The Morgan fingerprint density at radius 1 is 1.60 bits per heavy atom. The molecule has 1 aliphatic heterocycles. The number of ether oxygens (including phenoxy) is 1. The molecule has 0 bridgehead atoms. The Bertz CT molecular complexity index is 453. The maximum atomic E-state index is 12.1. The first-order valence-corrected chi connectivity index (χ1v) is 7.02. The van der Waals surface area contributed by atoms with Crippen LogP contribution in [0.5, 0.6) is 0 Å². The van der Waals surface area contributed by atoms with Gasteiger partial charge in [0, 0.05) is 38.6 Å². The van der Waals surface area contributed by atoms with Gasteiger partial charge in [0.1, 0.15) is 0 Å². The normalized spacial score (nSPS) is 18.9. The van der Waals surface area contributed by atoms with Crippen LogP contribution in [0.4, 0.5) is 5.95 Å². The van der Waals surface area contributed by atoms with Gasteiger partial charge in [-0.1, -0.05) is 0 Å². The molecule has 1 fully saturated rings. The molecular formula is C14H22N4O2. The Morgan fingerprint density at radius 3 is 3.20 bits per heavy atom. The lowest BCUT2D eigenvalue weighted by Gasteiger charge is -2.32. The van der Waals surface area contributed by atoms with Crippen molar-refractivity contribution in [3.63, 3.8) is 0 Å². The van der Waals surface area contributed by atoms with Crippen LogP contribution in [0.25, 0.3) is 0 Å². The van der Waals surface area contributed by atoms with Crippen LogP contribution in [-0.4, -0.2) is 49.2 Å². The van der Waals surface area contributed by atoms with E-state index in [1.54, 1.807) is 13.3 Å². The molecule has 1 aromatic heterocycles. The van der Waals surface area contributed by atoms with Crippen molar-refractivity contribution < 1.29 is 9.53 Å². The number of carbonyl (C=O) groups is 1. The molecule has 20 heavy (non-hydrogen) atoms. The molecule has 1 N–H and O–H groups in total. The smallest absolute Gasteiger partial charge is 0.225 e. The van der Waals surface area contributed by atoms with Crippen molar-refractivity contribution in [3.8, 4) is 0 Å². The Balaban J connectivity index is 1.93. The molecule has 0 aliphatic carbocycles. The number of methoxy groups -OCH3 is 1. The van der Waals surface area contributed by atoms with E-state index < -0.39 is 0 Å². The largest absolute Gasteiger partial charge is 0.383 e. The standard InChI is InChI=1S/C14H22N4O2/c1-11-5-6-16-14(17-11)18-8-3-4-12(10-18)13(19)15-7-9-20-2/h5-6,12H,3-4,7-10H2,1-2H3,(H,15,19)/t12-/m0/s1. The van der Waals surface area contributed by atoms with E-state index in [0.29, 0.717) is 19.7 Å². The summed E-state index contributed by atoms with van der Waals surface area (Å²) in [6.45, 7) is 4.65. The zero-order valence-electron chi connectivity index (χ0n) is 12.1. The molecule has 0 unspecified atom stereocenters. The van der Waals surface area contributed by atoms with Crippen LogP contribution in [0.2, 0.25) is 0 Å². The summed E-state index contributed by atoms with van der Waals surface area (Å²) in [5.74, 6) is 0.823. The fraction of sp³-hybridized carbons (Fsp3) is 0.643. The lowest BCUT2D eigenvalue weighted by molar-refractivity contribution is -0.125. The summed E-state index contributed by atoms with van der Waals surface area (Å²) in [4.78, 5) is 22.9. The third-order valence-electron chi connectivity index (χ3n) is 3.46. The number of nitrogens with zero attached hydrogens (tertiary/aromatic N) is 3. The molecule has 1 aliphatic rings. The number of nitrogens with one attached hydrogen (secondary N) is 1. The molecule has 1 amide bonds. The van der Waals surface area contributed by atoms with E-state index >= 15 is 0 Å². The van der Waals surface area contributed by atoms with Gasteiger partial charge in [-0.15, -0.1) is 0 Å². The van der Waals surface area contributed by atoms with Gasteiger partial charge in [-0.3, -0.25) is 4.79 Å². The second-order valence-corrected chi connectivity index (χ2v) is 5.07. The van der Waals surface area contributed by atoms with Crippen LogP contribution in [0.15, 0.2) is 12.3 Å². The third kappa shape index (κ3) is 3.90. The van der Waals surface area contributed by atoms with Crippen LogP contribution < -0.4 is 10.2 Å². The lowest BCUT2D eigenvalue weighted by Crippen LogP contribution is -2.44. The molecule has 0 spiro atoms. The van der Waals surface area contributed by atoms with E-state index in [0.717, 1.165) is 31.0 Å². The van der Waals surface area contributed by atoms with Crippen molar-refractivity contribution in [2.45, 2.75) is 19.8 Å². The Morgan fingerprint density at radius 2 is 2.45 bits per heavy atom. The summed E-state index contributed by atoms with van der Waals surface area (Å²) in [5, 5.41) is 2.91. The van der Waals surface area contributed by atoms with Crippen molar-refractivity contribution in [2.75, 3.05) is 38.3 Å². The van der Waals surface area contributed by atoms with Gasteiger partial charge in [0.15, 0.2) is 0 Å². The second kappa shape index (κ2) is 7.19. The number of anilines is 1. The van der Waals surface area contributed by atoms with Crippen molar-refractivity contribution >= 4 is 11.9 Å². The number of aromatic nitrogens is 2. The highest BCUT2D eigenvalue weighted by Gasteiger charge is 2.26. The molecule has 6 heteroatoms. The average Bonchev–Trinajstić information content (AvgIpc) is 2.47. The highest BCUT2D eigenvalue weighted by atomic mass is 16.5. The van der Waals surface area contributed by atoms with Gasteiger partial charge >= 0.3 is 0 Å². The van der Waals surface area contributed by atoms with Gasteiger partial charge in [0.05, 0.1) is 12.5 Å². The average molecular weight is 278 g/mol. The monoisotopic (exact) mass is 278 g/mol. The van der Waals surface area contributed by atoms with E-state index in [1.165, 1.54) is 0 Å². The highest BCUT2D eigenvalue weighted by Crippen LogP contribution is 2.20. The zero-order valence-corrected chi connectivity index (χ0v) is 12.1. The topological polar surface area (TPSA) is 67.3 Å². The van der Waals surface area contributed by atoms with E-state index in [-0.39, 0.29) is 11.8 Å². The molecule has 0 aromatic carbocycles. The molecule has 2 heterocycles. The Labute approximate surface area is 119 Å². The zero-order chi connectivity index (χ0) is 14.4. The van der Waals surface area contributed by atoms with E-state index in [4.69, 9.17) is 4.74 Å². The molecule has 0 saturated carbocycles. The van der Waals surface area contributed by atoms with Crippen LogP contribution in [0, 0.1) is 12.8 Å². The van der Waals surface area contributed by atoms with Crippen molar-refractivity contribution in [3.05, 3.63) is 18.0 Å². The van der Waals surface area contributed by atoms with Crippen LogP contribution in [-0.2, 0) is 9.53 Å². The number of aryl methyl sites for hydroxylation is 1. The van der Waals surface area contributed by atoms with Gasteiger partial charge in [-0.05, 0) is 25.8 Å². The van der Waals surface area contributed by atoms with Crippen LogP contribution >= 0.6 is 0 Å². The highest BCUT2D eigenvalue weighted by molar-refractivity contribution is 5.79. The molecule has 2 rings (SSSR count). The molecule has 1 saturated heterocycles. The van der Waals surface area contributed by atoms with Crippen molar-refractivity contribution in [2.24, 2.45) is 5.92 Å². The van der Waals surface area contributed by atoms with E-state index in [9.17, 15) is 4.79 Å². The molecule has 110 valence electrons. The fourth-order valence-electron chi connectivity index (χ4n) is 2.38. The summed E-state index contributed by atoms with van der Waals surface area (Å²) >= 11 is 0. The minimum absolute atomic E-state index is 0.00437. The predicted molar refractivity (Wildman–Crippen MR) is 76.6 cm³/mol. The number of carbonyl (C=O) groups excluding carboxylic acids is 1. The van der Waals surface area contributed by atoms with Crippen molar-refractivity contribution in [1.82, 2.24) is 15.3 Å². The first-order chi connectivity index (χ1) is 9.70. The number of hydrogen-bond acceptors (Lipinski definition) is 5. The number of hydrogen-bond donors (Lipinski definition) is 1. The van der Waals surface area contributed by atoms with E-state index in [2.05, 4.69) is 20.2 Å². The minimum Gasteiger partial charge on any atom is -0.383 e. The van der Waals surface area contributed by atoms with E-state index in [1.807, 2.05) is 13.0 Å². The van der Waals surface area contributed by atoms with Crippen LogP contribution in [0.1, 0.15) is 18.5 Å². The maximum absolute atomic E-state index is 12.1. The SMILES string of the molecule is COCCNC(=O)[C@H]1CCCN(c2nccc(C)n2)C1. The maximum Gasteiger partial charge on any atom is 0.225 e. The number of amides is 1. The lowest BCUT2D eigenvalue weighted by atomic mass is 9.97. The Kier molecular flexibility index (Phi) is 5.29. The van der Waals surface area contributed by atoms with Crippen LogP contribution in [0.3, 0.4) is 0 Å². The van der Waals surface area contributed by atoms with Gasteiger partial charge in [-0.2, -0.15) is 0 Å². The Hall–Kier alpha value is -1.69. The summed E-state index contributed by atoms with van der Waals surface area (Å²) in [7, 11) is 1.63. The third-order valence-corrected chi connectivity index (χ3v) is 3.46. The summed E-state index contributed by atoms with van der Waals surface area (Å²) in [5.41, 5.74) is 0.946.